The molecule has 0 aliphatic carbocycles. The van der Waals surface area contributed by atoms with Gasteiger partial charge in [0.1, 0.15) is 5.82 Å². The first kappa shape index (κ1) is 18.4. The molecule has 2 heterocycles. The van der Waals surface area contributed by atoms with Gasteiger partial charge >= 0.3 is 0 Å². The van der Waals surface area contributed by atoms with Gasteiger partial charge in [-0.2, -0.15) is 4.99 Å². The molecule has 0 radical (unpaired) electrons. The number of aliphatic imine (C=N–C) groups is 1. The van der Waals surface area contributed by atoms with Gasteiger partial charge in [-0.15, -0.1) is 12.4 Å². The number of carbonyl (C=O) groups excluding carboxylic acids is 1. The Morgan fingerprint density at radius 2 is 1.85 bits per heavy atom. The predicted molar refractivity (Wildman–Crippen MR) is 111 cm³/mol. The number of rotatable bonds is 2. The zero-order valence-electron chi connectivity index (χ0n) is 14.6. The van der Waals surface area contributed by atoms with Gasteiger partial charge in [-0.1, -0.05) is 35.9 Å². The van der Waals surface area contributed by atoms with Crippen LogP contribution in [0.5, 0.6) is 0 Å². The third-order valence-corrected chi connectivity index (χ3v) is 4.30. The Hall–Kier alpha value is -3.38. The molecule has 0 saturated heterocycles. The molecule has 0 bridgehead atoms. The van der Waals surface area contributed by atoms with E-state index < -0.39 is 5.91 Å². The summed E-state index contributed by atoms with van der Waals surface area (Å²) in [5.41, 5.74) is 13.1. The smallest absolute Gasteiger partial charge is 0.282 e. The highest BCUT2D eigenvalue weighted by molar-refractivity contribution is 6.11. The van der Waals surface area contributed by atoms with Crippen LogP contribution in [-0.4, -0.2) is 21.4 Å². The van der Waals surface area contributed by atoms with Gasteiger partial charge < -0.3 is 11.5 Å². The highest BCUT2D eigenvalue weighted by Crippen LogP contribution is 2.29. The number of nitrogens with two attached hydrogens (primary N) is 2. The molecule has 1 amide bonds. The van der Waals surface area contributed by atoms with E-state index in [0.29, 0.717) is 5.56 Å². The maximum Gasteiger partial charge on any atom is 0.282 e. The molecule has 0 saturated carbocycles. The topological polar surface area (TPSA) is 99.3 Å². The average molecular weight is 380 g/mol. The second-order valence-electron chi connectivity index (χ2n) is 6.13. The van der Waals surface area contributed by atoms with Gasteiger partial charge in [-0.25, -0.2) is 4.98 Å². The fourth-order valence-corrected chi connectivity index (χ4v) is 3.16. The lowest BCUT2D eigenvalue weighted by Gasteiger charge is -2.08. The molecule has 0 aliphatic heterocycles. The molecule has 0 spiro atoms. The van der Waals surface area contributed by atoms with Crippen molar-refractivity contribution in [1.82, 2.24) is 9.55 Å². The van der Waals surface area contributed by atoms with Crippen molar-refractivity contribution in [2.45, 2.75) is 6.92 Å². The molecule has 6 nitrogen and oxygen atoms in total. The highest BCUT2D eigenvalue weighted by atomic mass is 35.5. The number of fused-ring (bicyclic) bond motifs is 2. The van der Waals surface area contributed by atoms with E-state index in [1.54, 1.807) is 12.4 Å². The third kappa shape index (κ3) is 3.22. The number of carbonyl (C=O) groups is 1. The molecule has 0 fully saturated rings. The van der Waals surface area contributed by atoms with Crippen LogP contribution in [-0.2, 0) is 0 Å². The van der Waals surface area contributed by atoms with Crippen molar-refractivity contribution >= 4 is 45.9 Å². The Morgan fingerprint density at radius 1 is 1.07 bits per heavy atom. The van der Waals surface area contributed by atoms with Gasteiger partial charge in [0.15, 0.2) is 5.96 Å². The van der Waals surface area contributed by atoms with E-state index in [2.05, 4.69) is 9.98 Å². The van der Waals surface area contributed by atoms with Crippen LogP contribution in [0.1, 0.15) is 15.9 Å². The van der Waals surface area contributed by atoms with Crippen LogP contribution in [0.4, 0.5) is 0 Å². The van der Waals surface area contributed by atoms with Gasteiger partial charge in [0.05, 0.1) is 11.1 Å². The van der Waals surface area contributed by atoms with Crippen LogP contribution in [0.2, 0.25) is 0 Å². The molecule has 4 aromatic rings. The number of pyridine rings is 1. The number of aromatic nitrogens is 2. The van der Waals surface area contributed by atoms with Crippen LogP contribution in [0.15, 0.2) is 65.9 Å². The Morgan fingerprint density at radius 3 is 2.63 bits per heavy atom. The zero-order valence-corrected chi connectivity index (χ0v) is 15.4. The third-order valence-electron chi connectivity index (χ3n) is 4.30. The second-order valence-corrected chi connectivity index (χ2v) is 6.13. The molecule has 27 heavy (non-hydrogen) atoms. The second kappa shape index (κ2) is 7.09. The number of guanidine groups is 1. The number of aryl methyl sites for hydroxylation is 1. The Kier molecular flexibility index (Phi) is 4.83. The minimum absolute atomic E-state index is 0. The van der Waals surface area contributed by atoms with Gasteiger partial charge in [-0.3, -0.25) is 9.36 Å². The van der Waals surface area contributed by atoms with Crippen molar-refractivity contribution in [3.05, 3.63) is 72.1 Å². The van der Waals surface area contributed by atoms with Gasteiger partial charge in [0, 0.05) is 23.2 Å². The maximum absolute atomic E-state index is 12.5. The fourth-order valence-electron chi connectivity index (χ4n) is 3.16. The van der Waals surface area contributed by atoms with Crippen molar-refractivity contribution in [3.63, 3.8) is 0 Å². The number of hydrogen-bond donors (Lipinski definition) is 2. The minimum Gasteiger partial charge on any atom is -0.370 e. The van der Waals surface area contributed by atoms with Crippen molar-refractivity contribution in [1.29, 1.82) is 0 Å². The summed E-state index contributed by atoms with van der Waals surface area (Å²) in [4.78, 5) is 20.8. The first-order chi connectivity index (χ1) is 12.5. The van der Waals surface area contributed by atoms with Crippen molar-refractivity contribution < 1.29 is 4.79 Å². The largest absolute Gasteiger partial charge is 0.370 e. The lowest BCUT2D eigenvalue weighted by Crippen LogP contribution is -2.24. The fraction of sp³-hybridized carbons (Fsp3) is 0.0500. The lowest BCUT2D eigenvalue weighted by molar-refractivity contribution is 0.100. The van der Waals surface area contributed by atoms with Crippen LogP contribution < -0.4 is 11.5 Å². The molecule has 7 heteroatoms. The molecule has 136 valence electrons. The van der Waals surface area contributed by atoms with E-state index in [-0.39, 0.29) is 18.4 Å². The zero-order chi connectivity index (χ0) is 18.3. The number of amides is 1. The molecule has 4 N–H and O–H groups in total. The summed E-state index contributed by atoms with van der Waals surface area (Å²) >= 11 is 0. The molecule has 4 rings (SSSR count). The summed E-state index contributed by atoms with van der Waals surface area (Å²) in [6.07, 6.45) is 3.50. The van der Waals surface area contributed by atoms with E-state index in [0.717, 1.165) is 33.1 Å². The number of benzene rings is 2. The molecule has 0 unspecified atom stereocenters. The Labute approximate surface area is 161 Å². The lowest BCUT2D eigenvalue weighted by atomic mass is 10.1. The minimum atomic E-state index is -0.473. The first-order valence-corrected chi connectivity index (χ1v) is 8.14. The van der Waals surface area contributed by atoms with Crippen molar-refractivity contribution in [2.24, 2.45) is 16.5 Å². The highest BCUT2D eigenvalue weighted by Gasteiger charge is 2.17. The van der Waals surface area contributed by atoms with Crippen LogP contribution in [0.25, 0.3) is 27.5 Å². The van der Waals surface area contributed by atoms with Crippen LogP contribution in [0.3, 0.4) is 0 Å². The first-order valence-electron chi connectivity index (χ1n) is 8.14. The summed E-state index contributed by atoms with van der Waals surface area (Å²) in [5, 5.41) is 2.85. The van der Waals surface area contributed by atoms with Crippen molar-refractivity contribution in [3.8, 4) is 5.82 Å². The molecular formula is C20H18ClN5O. The molecule has 2 aromatic heterocycles. The molecular weight excluding hydrogens is 362 g/mol. The quantitative estimate of drug-likeness (QED) is 0.412. The summed E-state index contributed by atoms with van der Waals surface area (Å²) in [6.45, 7) is 1.97. The number of halogens is 1. The SMILES string of the molecule is Cc1ccc2c(c1)c(C(=O)N=C(N)N)cn2-c1nccc2ccccc12.Cl. The number of hydrogen-bond acceptors (Lipinski definition) is 2. The predicted octanol–water partition coefficient (Wildman–Crippen LogP) is 3.32. The van der Waals surface area contributed by atoms with Crippen LogP contribution in [0, 0.1) is 6.92 Å². The summed E-state index contributed by atoms with van der Waals surface area (Å²) in [5.74, 6) is 0.0205. The van der Waals surface area contributed by atoms with E-state index in [1.165, 1.54) is 0 Å². The normalized spacial score (nSPS) is 10.6. The van der Waals surface area contributed by atoms with E-state index in [1.807, 2.05) is 60.0 Å². The summed E-state index contributed by atoms with van der Waals surface area (Å²) < 4.78 is 1.91. The monoisotopic (exact) mass is 379 g/mol. The standard InChI is InChI=1S/C20H17N5O.ClH/c1-12-6-7-17-15(10-12)16(19(26)24-20(21)22)11-25(17)18-14-5-3-2-4-13(14)8-9-23-18;/h2-11H,1H3,(H4,21,22,24,26);1H. The maximum atomic E-state index is 12.5. The number of nitrogens with zero attached hydrogens (tertiary/aromatic N) is 3. The summed E-state index contributed by atoms with van der Waals surface area (Å²) in [6, 6.07) is 15.9. The molecule has 2 aromatic carbocycles. The van der Waals surface area contributed by atoms with Crippen molar-refractivity contribution in [2.75, 3.05) is 0 Å². The van der Waals surface area contributed by atoms with Gasteiger partial charge in [0.2, 0.25) is 0 Å². The van der Waals surface area contributed by atoms with Gasteiger partial charge in [-0.05, 0) is 30.5 Å². The van der Waals surface area contributed by atoms with E-state index in [4.69, 9.17) is 11.5 Å². The van der Waals surface area contributed by atoms with E-state index in [9.17, 15) is 4.79 Å². The average Bonchev–Trinajstić information content (AvgIpc) is 2.99. The molecule has 0 atom stereocenters. The van der Waals surface area contributed by atoms with E-state index >= 15 is 0 Å². The van der Waals surface area contributed by atoms with Crippen LogP contribution >= 0.6 is 12.4 Å². The Bertz CT molecular complexity index is 1190. The molecule has 0 aliphatic rings. The Balaban J connectivity index is 0.00000210. The summed E-state index contributed by atoms with van der Waals surface area (Å²) in [7, 11) is 0. The van der Waals surface area contributed by atoms with Gasteiger partial charge in [0.25, 0.3) is 5.91 Å².